The van der Waals surface area contributed by atoms with Crippen molar-refractivity contribution in [2.75, 3.05) is 13.2 Å². The fourth-order valence-electron chi connectivity index (χ4n) is 1.20. The van der Waals surface area contributed by atoms with Crippen molar-refractivity contribution in [3.63, 3.8) is 0 Å². The van der Waals surface area contributed by atoms with Gasteiger partial charge in [0.1, 0.15) is 12.4 Å². The van der Waals surface area contributed by atoms with Gasteiger partial charge in [-0.2, -0.15) is 0 Å². The van der Waals surface area contributed by atoms with Crippen LogP contribution in [0.25, 0.3) is 0 Å². The molecule has 0 saturated heterocycles. The van der Waals surface area contributed by atoms with Crippen LogP contribution in [0, 0.1) is 0 Å². The lowest BCUT2D eigenvalue weighted by molar-refractivity contribution is 0.0551. The fourth-order valence-corrected chi connectivity index (χ4v) is 1.20. The summed E-state index contributed by atoms with van der Waals surface area (Å²) in [6, 6.07) is 1.62. The van der Waals surface area contributed by atoms with Crippen LogP contribution in [0.2, 0.25) is 0 Å². The number of nitrogens with zero attached hydrogens (tertiary/aromatic N) is 2. The maximum absolute atomic E-state index is 8.62. The average Bonchev–Trinajstić information content (AvgIpc) is 2.34. The molecule has 0 aliphatic heterocycles. The zero-order valence-electron chi connectivity index (χ0n) is 9.96. The maximum Gasteiger partial charge on any atom is 0.173 e. The van der Waals surface area contributed by atoms with E-state index in [1.165, 1.54) is 6.20 Å². The number of rotatable bonds is 6. The first-order chi connectivity index (χ1) is 8.15. The third-order valence-electron chi connectivity index (χ3n) is 1.96. The summed E-state index contributed by atoms with van der Waals surface area (Å²) in [5.74, 6) is 0.460. The van der Waals surface area contributed by atoms with Gasteiger partial charge in [0.15, 0.2) is 5.84 Å². The summed E-state index contributed by atoms with van der Waals surface area (Å²) < 4.78 is 10.8. The predicted molar refractivity (Wildman–Crippen MR) is 63.3 cm³/mol. The molecule has 0 amide bonds. The van der Waals surface area contributed by atoms with Crippen molar-refractivity contribution < 1.29 is 14.7 Å². The lowest BCUT2D eigenvalue weighted by Gasteiger charge is -2.11. The number of amidine groups is 1. The van der Waals surface area contributed by atoms with Crippen molar-refractivity contribution in [3.05, 3.63) is 24.0 Å². The molecule has 0 spiro atoms. The molecule has 0 saturated carbocycles. The van der Waals surface area contributed by atoms with Crippen LogP contribution in [0.1, 0.15) is 19.4 Å². The third kappa shape index (κ3) is 4.28. The Morgan fingerprint density at radius 3 is 2.94 bits per heavy atom. The SMILES string of the molecule is CC(C)OCCOc1cnccc1/C(N)=N/O. The lowest BCUT2D eigenvalue weighted by Crippen LogP contribution is -2.17. The molecule has 1 heterocycles. The van der Waals surface area contributed by atoms with Crippen molar-refractivity contribution in [3.8, 4) is 5.75 Å². The van der Waals surface area contributed by atoms with E-state index in [1.54, 1.807) is 12.3 Å². The number of pyridine rings is 1. The Balaban J connectivity index is 2.58. The number of hydrogen-bond acceptors (Lipinski definition) is 5. The molecule has 0 fully saturated rings. The third-order valence-corrected chi connectivity index (χ3v) is 1.96. The smallest absolute Gasteiger partial charge is 0.173 e. The Kier molecular flexibility index (Phi) is 5.22. The summed E-state index contributed by atoms with van der Waals surface area (Å²) >= 11 is 0. The summed E-state index contributed by atoms with van der Waals surface area (Å²) in [5, 5.41) is 11.6. The minimum absolute atomic E-state index is 0.00724. The van der Waals surface area contributed by atoms with Gasteiger partial charge in [-0.3, -0.25) is 4.98 Å². The van der Waals surface area contributed by atoms with E-state index in [0.29, 0.717) is 24.5 Å². The number of aromatic nitrogens is 1. The standard InChI is InChI=1S/C11H17N3O3/c1-8(2)16-5-6-17-10-7-13-4-3-9(10)11(12)14-15/h3-4,7-8,15H,5-6H2,1-2H3,(H2,12,14). The second-order valence-electron chi connectivity index (χ2n) is 3.63. The molecular formula is C11H17N3O3. The Morgan fingerprint density at radius 1 is 1.53 bits per heavy atom. The molecule has 0 aromatic carbocycles. The Morgan fingerprint density at radius 2 is 2.29 bits per heavy atom. The average molecular weight is 239 g/mol. The summed E-state index contributed by atoms with van der Waals surface area (Å²) in [6.45, 7) is 4.76. The summed E-state index contributed by atoms with van der Waals surface area (Å²) in [4.78, 5) is 3.92. The number of nitrogens with two attached hydrogens (primary N) is 1. The van der Waals surface area contributed by atoms with Crippen molar-refractivity contribution in [2.24, 2.45) is 10.9 Å². The van der Waals surface area contributed by atoms with E-state index < -0.39 is 0 Å². The van der Waals surface area contributed by atoms with E-state index in [4.69, 9.17) is 20.4 Å². The normalized spacial score (nSPS) is 11.8. The number of oxime groups is 1. The van der Waals surface area contributed by atoms with E-state index in [1.807, 2.05) is 13.8 Å². The van der Waals surface area contributed by atoms with Gasteiger partial charge in [-0.25, -0.2) is 0 Å². The van der Waals surface area contributed by atoms with Crippen molar-refractivity contribution in [2.45, 2.75) is 20.0 Å². The molecular weight excluding hydrogens is 222 g/mol. The first kappa shape index (κ1) is 13.2. The van der Waals surface area contributed by atoms with E-state index >= 15 is 0 Å². The van der Waals surface area contributed by atoms with Crippen LogP contribution in [-0.4, -0.2) is 35.3 Å². The minimum atomic E-state index is -0.00724. The molecule has 0 atom stereocenters. The Hall–Kier alpha value is -1.82. The predicted octanol–water partition coefficient (Wildman–Crippen LogP) is 0.980. The van der Waals surface area contributed by atoms with Gasteiger partial charge in [0.25, 0.3) is 0 Å². The Labute approximate surface area is 100 Å². The topological polar surface area (TPSA) is 90.0 Å². The van der Waals surface area contributed by atoms with Gasteiger partial charge < -0.3 is 20.4 Å². The van der Waals surface area contributed by atoms with E-state index in [2.05, 4.69) is 10.1 Å². The van der Waals surface area contributed by atoms with Crippen molar-refractivity contribution in [1.82, 2.24) is 4.98 Å². The van der Waals surface area contributed by atoms with Crippen LogP contribution >= 0.6 is 0 Å². The zero-order chi connectivity index (χ0) is 12.7. The molecule has 0 radical (unpaired) electrons. The van der Waals surface area contributed by atoms with Crippen molar-refractivity contribution in [1.29, 1.82) is 0 Å². The minimum Gasteiger partial charge on any atom is -0.489 e. The fraction of sp³-hybridized carbons (Fsp3) is 0.455. The highest BCUT2D eigenvalue weighted by Gasteiger charge is 2.07. The Bertz CT molecular complexity index is 380. The van der Waals surface area contributed by atoms with Gasteiger partial charge in [0.05, 0.1) is 24.5 Å². The number of hydrogen-bond donors (Lipinski definition) is 2. The second kappa shape index (κ2) is 6.70. The monoisotopic (exact) mass is 239 g/mol. The summed E-state index contributed by atoms with van der Waals surface area (Å²) in [6.07, 6.45) is 3.23. The molecule has 0 aliphatic carbocycles. The largest absolute Gasteiger partial charge is 0.489 e. The van der Waals surface area contributed by atoms with Crippen molar-refractivity contribution >= 4 is 5.84 Å². The molecule has 1 rings (SSSR count). The molecule has 94 valence electrons. The molecule has 6 nitrogen and oxygen atoms in total. The van der Waals surface area contributed by atoms with Crippen LogP contribution in [0.4, 0.5) is 0 Å². The van der Waals surface area contributed by atoms with Crippen LogP contribution in [-0.2, 0) is 4.74 Å². The summed E-state index contributed by atoms with van der Waals surface area (Å²) in [5.41, 5.74) is 6.02. The first-order valence-corrected chi connectivity index (χ1v) is 5.31. The van der Waals surface area contributed by atoms with E-state index in [9.17, 15) is 0 Å². The van der Waals surface area contributed by atoms with Crippen LogP contribution in [0.3, 0.4) is 0 Å². The first-order valence-electron chi connectivity index (χ1n) is 5.31. The maximum atomic E-state index is 8.62. The lowest BCUT2D eigenvalue weighted by atomic mass is 10.2. The molecule has 0 aliphatic rings. The number of ether oxygens (including phenoxy) is 2. The molecule has 1 aromatic rings. The van der Waals surface area contributed by atoms with Crippen LogP contribution in [0.15, 0.2) is 23.6 Å². The van der Waals surface area contributed by atoms with Gasteiger partial charge in [0, 0.05) is 6.20 Å². The highest BCUT2D eigenvalue weighted by atomic mass is 16.5. The molecule has 0 bridgehead atoms. The van der Waals surface area contributed by atoms with Gasteiger partial charge >= 0.3 is 0 Å². The molecule has 17 heavy (non-hydrogen) atoms. The van der Waals surface area contributed by atoms with Gasteiger partial charge in [-0.05, 0) is 19.9 Å². The molecule has 3 N–H and O–H groups in total. The van der Waals surface area contributed by atoms with Crippen LogP contribution < -0.4 is 10.5 Å². The highest BCUT2D eigenvalue weighted by molar-refractivity contribution is 5.99. The van der Waals surface area contributed by atoms with Crippen LogP contribution in [0.5, 0.6) is 5.75 Å². The molecule has 0 unspecified atom stereocenters. The second-order valence-corrected chi connectivity index (χ2v) is 3.63. The van der Waals surface area contributed by atoms with E-state index in [0.717, 1.165) is 0 Å². The molecule has 1 aromatic heterocycles. The quantitative estimate of drug-likeness (QED) is 0.254. The van der Waals surface area contributed by atoms with Gasteiger partial charge in [0.2, 0.25) is 0 Å². The van der Waals surface area contributed by atoms with Gasteiger partial charge in [-0.1, -0.05) is 5.16 Å². The van der Waals surface area contributed by atoms with Gasteiger partial charge in [-0.15, -0.1) is 0 Å². The summed E-state index contributed by atoms with van der Waals surface area (Å²) in [7, 11) is 0. The highest BCUT2D eigenvalue weighted by Crippen LogP contribution is 2.15. The zero-order valence-corrected chi connectivity index (χ0v) is 9.96. The van der Waals surface area contributed by atoms with E-state index in [-0.39, 0.29) is 11.9 Å². The molecule has 6 heteroatoms.